The Balaban J connectivity index is 2.75. The van der Waals surface area contributed by atoms with Crippen LogP contribution in [0.15, 0.2) is 0 Å². The van der Waals surface area contributed by atoms with Gasteiger partial charge in [-0.3, -0.25) is 4.79 Å². The summed E-state index contributed by atoms with van der Waals surface area (Å²) < 4.78 is 16.7. The van der Waals surface area contributed by atoms with Gasteiger partial charge in [0.05, 0.1) is 6.54 Å². The Morgan fingerprint density at radius 2 is 1.72 bits per heavy atom. The van der Waals surface area contributed by atoms with E-state index < -0.39 is 5.97 Å². The number of ether oxygens (including phenoxy) is 3. The number of nitrogens with one attached hydrogen (secondary N) is 1. The molecule has 18 heavy (non-hydrogen) atoms. The van der Waals surface area contributed by atoms with Crippen molar-refractivity contribution in [3.8, 4) is 0 Å². The van der Waals surface area contributed by atoms with E-state index >= 15 is 0 Å². The second-order valence-electron chi connectivity index (χ2n) is 3.69. The lowest BCUT2D eigenvalue weighted by atomic mass is 10.4. The first-order valence-corrected chi connectivity index (χ1v) is 6.48. The molecule has 0 atom stereocenters. The van der Waals surface area contributed by atoms with Gasteiger partial charge in [0.25, 0.3) is 0 Å². The van der Waals surface area contributed by atoms with Crippen molar-refractivity contribution in [2.75, 3.05) is 32.9 Å². The monoisotopic (exact) mass is 276 g/mol. The lowest BCUT2D eigenvalue weighted by Crippen LogP contribution is -2.50. The summed E-state index contributed by atoms with van der Waals surface area (Å²) in [5.74, 6) is -1.30. The average Bonchev–Trinajstić information content (AvgIpc) is 2.58. The van der Waals surface area contributed by atoms with Crippen LogP contribution in [-0.2, 0) is 19.0 Å². The molecule has 104 valence electrons. The first-order chi connectivity index (χ1) is 8.56. The van der Waals surface area contributed by atoms with Gasteiger partial charge in [-0.2, -0.15) is 0 Å². The third-order valence-corrected chi connectivity index (χ3v) is 2.71. The van der Waals surface area contributed by atoms with E-state index in [9.17, 15) is 4.79 Å². The highest BCUT2D eigenvalue weighted by Crippen LogP contribution is 2.19. The maximum Gasteiger partial charge on any atom is 0.301 e. The van der Waals surface area contributed by atoms with Crippen LogP contribution in [0.2, 0.25) is 0 Å². The van der Waals surface area contributed by atoms with Gasteiger partial charge < -0.3 is 24.4 Å². The van der Waals surface area contributed by atoms with E-state index in [4.69, 9.17) is 26.4 Å². The molecule has 1 fully saturated rings. The second kappa shape index (κ2) is 6.98. The van der Waals surface area contributed by atoms with Crippen LogP contribution in [0.25, 0.3) is 0 Å². The minimum atomic E-state index is -1.17. The number of thiocarbonyl (C=S) groups is 1. The smallest absolute Gasteiger partial charge is 0.301 e. The quantitative estimate of drug-likeness (QED) is 0.513. The Hall–Kier alpha value is -0.760. The maximum atomic E-state index is 11.3. The van der Waals surface area contributed by atoms with Gasteiger partial charge >= 0.3 is 5.97 Å². The van der Waals surface area contributed by atoms with Crippen LogP contribution >= 0.6 is 12.2 Å². The zero-order valence-electron chi connectivity index (χ0n) is 11.0. The lowest BCUT2D eigenvalue weighted by molar-refractivity contribution is -0.377. The molecule has 1 aliphatic heterocycles. The van der Waals surface area contributed by atoms with E-state index in [1.807, 2.05) is 20.8 Å². The molecule has 0 aromatic rings. The molecule has 7 heteroatoms. The molecular weight excluding hydrogens is 256 g/mol. The van der Waals surface area contributed by atoms with Crippen molar-refractivity contribution >= 4 is 23.2 Å². The molecule has 0 spiro atoms. The van der Waals surface area contributed by atoms with Crippen molar-refractivity contribution in [3.63, 3.8) is 0 Å². The molecule has 6 nitrogen and oxygen atoms in total. The summed E-state index contributed by atoms with van der Waals surface area (Å²) in [6.45, 7) is 7.38. The molecule has 0 saturated carbocycles. The molecule has 1 aliphatic rings. The summed E-state index contributed by atoms with van der Waals surface area (Å²) in [6.07, 6.45) is 0. The van der Waals surface area contributed by atoms with Gasteiger partial charge in [-0.25, -0.2) is 0 Å². The van der Waals surface area contributed by atoms with E-state index in [1.54, 1.807) is 4.90 Å². The molecule has 0 aromatic carbocycles. The van der Waals surface area contributed by atoms with Crippen LogP contribution in [-0.4, -0.2) is 54.8 Å². The largest absolute Gasteiger partial charge is 0.331 e. The highest BCUT2D eigenvalue weighted by Gasteiger charge is 2.38. The molecule has 1 N–H and O–H groups in total. The van der Waals surface area contributed by atoms with Crippen molar-refractivity contribution in [1.82, 2.24) is 10.2 Å². The molecule has 0 aromatic heterocycles. The zero-order chi connectivity index (χ0) is 13.6. The van der Waals surface area contributed by atoms with Gasteiger partial charge in [-0.1, -0.05) is 0 Å². The highest BCUT2D eigenvalue weighted by molar-refractivity contribution is 7.80. The molecule has 0 radical (unpaired) electrons. The van der Waals surface area contributed by atoms with Crippen LogP contribution in [0.4, 0.5) is 0 Å². The third kappa shape index (κ3) is 3.88. The summed E-state index contributed by atoms with van der Waals surface area (Å²) in [7, 11) is 0. The van der Waals surface area contributed by atoms with Gasteiger partial charge in [-0.15, -0.1) is 0 Å². The third-order valence-electron chi connectivity index (χ3n) is 2.35. The van der Waals surface area contributed by atoms with E-state index in [1.165, 1.54) is 0 Å². The van der Waals surface area contributed by atoms with Gasteiger partial charge in [0.15, 0.2) is 5.11 Å². The van der Waals surface area contributed by atoms with Gasteiger partial charge in [0.1, 0.15) is 6.54 Å². The van der Waals surface area contributed by atoms with E-state index in [0.29, 0.717) is 24.9 Å². The van der Waals surface area contributed by atoms with Crippen LogP contribution in [0.3, 0.4) is 0 Å². The number of hydrogen-bond donors (Lipinski definition) is 1. The molecule has 0 unspecified atom stereocenters. The van der Waals surface area contributed by atoms with Crippen molar-refractivity contribution in [3.05, 3.63) is 0 Å². The number of nitrogens with zero attached hydrogens (tertiary/aromatic N) is 1. The highest BCUT2D eigenvalue weighted by atomic mass is 32.1. The van der Waals surface area contributed by atoms with Crippen LogP contribution in [0.5, 0.6) is 0 Å². The number of carbonyl (C=O) groups excluding carboxylic acids is 1. The number of carbonyl (C=O) groups is 1. The molecule has 1 amide bonds. The van der Waals surface area contributed by atoms with E-state index in [2.05, 4.69) is 5.32 Å². The number of amides is 1. The molecule has 0 bridgehead atoms. The van der Waals surface area contributed by atoms with Crippen molar-refractivity contribution in [2.45, 2.75) is 26.7 Å². The first-order valence-electron chi connectivity index (χ1n) is 6.07. The van der Waals surface area contributed by atoms with Crippen molar-refractivity contribution < 1.29 is 19.0 Å². The summed E-state index contributed by atoms with van der Waals surface area (Å²) in [6, 6.07) is 0. The topological polar surface area (TPSA) is 60.0 Å². The predicted octanol–water partition coefficient (Wildman–Crippen LogP) is 0.466. The summed E-state index contributed by atoms with van der Waals surface area (Å²) in [5.41, 5.74) is 0. The SMILES string of the molecule is CCOC(CN1CC(=O)NC1=S)(OCC)OCC. The lowest BCUT2D eigenvalue weighted by Gasteiger charge is -2.35. The Bertz CT molecular complexity index is 294. The molecule has 0 aliphatic carbocycles. The maximum absolute atomic E-state index is 11.3. The summed E-state index contributed by atoms with van der Waals surface area (Å²) in [4.78, 5) is 12.9. The fraction of sp³-hybridized carbons (Fsp3) is 0.818. The molecular formula is C11H20N2O4S. The fourth-order valence-corrected chi connectivity index (χ4v) is 2.01. The Kier molecular flexibility index (Phi) is 5.94. The minimum Gasteiger partial charge on any atom is -0.331 e. The zero-order valence-corrected chi connectivity index (χ0v) is 11.8. The molecule has 1 saturated heterocycles. The predicted molar refractivity (Wildman–Crippen MR) is 69.9 cm³/mol. The van der Waals surface area contributed by atoms with Crippen molar-refractivity contribution in [2.24, 2.45) is 0 Å². The Labute approximate surface area is 113 Å². The standard InChI is InChI=1S/C11H20N2O4S/c1-4-15-11(16-5-2,17-6-3)8-13-7-9(14)12-10(13)18/h4-8H2,1-3H3,(H,12,14,18). The minimum absolute atomic E-state index is 0.126. The van der Waals surface area contributed by atoms with Gasteiger partial charge in [-0.05, 0) is 33.0 Å². The van der Waals surface area contributed by atoms with Crippen LogP contribution < -0.4 is 5.32 Å². The van der Waals surface area contributed by atoms with E-state index in [-0.39, 0.29) is 19.0 Å². The van der Waals surface area contributed by atoms with Crippen molar-refractivity contribution in [1.29, 1.82) is 0 Å². The number of rotatable bonds is 8. The molecule has 1 heterocycles. The number of hydrogen-bond acceptors (Lipinski definition) is 5. The summed E-state index contributed by atoms with van der Waals surface area (Å²) >= 11 is 5.07. The first kappa shape index (κ1) is 15.3. The fourth-order valence-electron chi connectivity index (χ4n) is 1.77. The van der Waals surface area contributed by atoms with Crippen LogP contribution in [0.1, 0.15) is 20.8 Å². The Morgan fingerprint density at radius 3 is 2.06 bits per heavy atom. The molecule has 1 rings (SSSR count). The second-order valence-corrected chi connectivity index (χ2v) is 4.08. The Morgan fingerprint density at radius 1 is 1.22 bits per heavy atom. The summed E-state index contributed by atoms with van der Waals surface area (Å²) in [5, 5.41) is 2.95. The van der Waals surface area contributed by atoms with Gasteiger partial charge in [0, 0.05) is 19.8 Å². The van der Waals surface area contributed by atoms with Gasteiger partial charge in [0.2, 0.25) is 5.91 Å². The van der Waals surface area contributed by atoms with Crippen LogP contribution in [0, 0.1) is 0 Å². The average molecular weight is 276 g/mol. The van der Waals surface area contributed by atoms with E-state index in [0.717, 1.165) is 0 Å². The normalized spacial score (nSPS) is 16.3.